The molecular formula is C11H16O. The summed E-state index contributed by atoms with van der Waals surface area (Å²) >= 11 is 0. The summed E-state index contributed by atoms with van der Waals surface area (Å²) < 4.78 is 0. The summed E-state index contributed by atoms with van der Waals surface area (Å²) in [5, 5.41) is 0. The maximum Gasteiger partial charge on any atom is 0.140 e. The van der Waals surface area contributed by atoms with Crippen LogP contribution in [0.1, 0.15) is 33.6 Å². The van der Waals surface area contributed by atoms with E-state index in [-0.39, 0.29) is 10.8 Å². The van der Waals surface area contributed by atoms with E-state index in [9.17, 15) is 4.79 Å². The average Bonchev–Trinajstić information content (AvgIpc) is 2.18. The Hall–Kier alpha value is -0.590. The van der Waals surface area contributed by atoms with Crippen LogP contribution in [-0.2, 0) is 4.79 Å². The van der Waals surface area contributed by atoms with Gasteiger partial charge < -0.3 is 0 Å². The van der Waals surface area contributed by atoms with E-state index in [4.69, 9.17) is 0 Å². The highest BCUT2D eigenvalue weighted by Crippen LogP contribution is 2.65. The number of hydrogen-bond acceptors (Lipinski definition) is 1. The second-order valence-electron chi connectivity index (χ2n) is 5.07. The van der Waals surface area contributed by atoms with Crippen LogP contribution in [-0.4, -0.2) is 5.78 Å². The zero-order chi connectivity index (χ0) is 9.15. The fourth-order valence-corrected chi connectivity index (χ4v) is 2.97. The van der Waals surface area contributed by atoms with Gasteiger partial charge in [0.1, 0.15) is 5.78 Å². The molecule has 0 saturated heterocycles. The zero-order valence-corrected chi connectivity index (χ0v) is 8.11. The van der Waals surface area contributed by atoms with E-state index in [2.05, 4.69) is 27.4 Å². The lowest BCUT2D eigenvalue weighted by molar-refractivity contribution is -0.127. The molecule has 2 fully saturated rings. The Bertz CT molecular complexity index is 275. The first kappa shape index (κ1) is 8.03. The molecule has 0 aliphatic heterocycles. The predicted octanol–water partition coefficient (Wildman–Crippen LogP) is 2.57. The number of ketones is 1. The third kappa shape index (κ3) is 0.596. The van der Waals surface area contributed by atoms with Gasteiger partial charge in [0, 0.05) is 11.8 Å². The molecule has 1 nitrogen and oxygen atoms in total. The van der Waals surface area contributed by atoms with Gasteiger partial charge in [0.15, 0.2) is 0 Å². The second-order valence-corrected chi connectivity index (χ2v) is 5.07. The minimum atomic E-state index is -0.102. The van der Waals surface area contributed by atoms with E-state index < -0.39 is 0 Å². The van der Waals surface area contributed by atoms with Crippen LogP contribution in [0, 0.1) is 16.7 Å². The standard InChI is InChI=1S/C11H16O/c1-7-6-11(4)9(12)5-8(7)10(11,2)3/h8H,1,5-6H2,2-4H3/i1+1. The fourth-order valence-electron chi connectivity index (χ4n) is 2.97. The van der Waals surface area contributed by atoms with Crippen molar-refractivity contribution >= 4 is 5.78 Å². The van der Waals surface area contributed by atoms with Crippen molar-refractivity contribution in [2.24, 2.45) is 16.7 Å². The van der Waals surface area contributed by atoms with Crippen molar-refractivity contribution < 1.29 is 4.79 Å². The van der Waals surface area contributed by atoms with Gasteiger partial charge in [-0.05, 0) is 17.8 Å². The van der Waals surface area contributed by atoms with E-state index in [1.807, 2.05) is 0 Å². The maximum absolute atomic E-state index is 11.7. The van der Waals surface area contributed by atoms with Crippen LogP contribution in [0.15, 0.2) is 12.2 Å². The zero-order valence-electron chi connectivity index (χ0n) is 8.11. The summed E-state index contributed by atoms with van der Waals surface area (Å²) in [5.74, 6) is 0.903. The van der Waals surface area contributed by atoms with Crippen LogP contribution >= 0.6 is 0 Å². The molecule has 66 valence electrons. The molecule has 0 heterocycles. The molecule has 0 spiro atoms. The van der Waals surface area contributed by atoms with Crippen LogP contribution < -0.4 is 0 Å². The molecule has 2 rings (SSSR count). The molecule has 0 aromatic rings. The first-order valence-electron chi connectivity index (χ1n) is 4.60. The van der Waals surface area contributed by atoms with Gasteiger partial charge >= 0.3 is 0 Å². The Morgan fingerprint density at radius 1 is 1.42 bits per heavy atom. The smallest absolute Gasteiger partial charge is 0.140 e. The van der Waals surface area contributed by atoms with Gasteiger partial charge in [-0.15, -0.1) is 0 Å². The molecule has 12 heavy (non-hydrogen) atoms. The van der Waals surface area contributed by atoms with Gasteiger partial charge in [0.2, 0.25) is 0 Å². The molecular weight excluding hydrogens is 149 g/mol. The largest absolute Gasteiger partial charge is 0.299 e. The number of carbonyl (C=O) groups is 1. The molecule has 0 aromatic heterocycles. The first-order chi connectivity index (χ1) is 5.39. The molecule has 0 aromatic carbocycles. The van der Waals surface area contributed by atoms with Crippen LogP contribution in [0.2, 0.25) is 0 Å². The fraction of sp³-hybridized carbons (Fsp3) is 0.727. The number of allylic oxidation sites excluding steroid dienone is 1. The maximum atomic E-state index is 11.7. The minimum Gasteiger partial charge on any atom is -0.299 e. The molecule has 2 unspecified atom stereocenters. The van der Waals surface area contributed by atoms with Crippen molar-refractivity contribution in [2.75, 3.05) is 0 Å². The lowest BCUT2D eigenvalue weighted by Crippen LogP contribution is -2.32. The summed E-state index contributed by atoms with van der Waals surface area (Å²) in [6, 6.07) is 0. The molecule has 1 heteroatoms. The average molecular weight is 165 g/mol. The van der Waals surface area contributed by atoms with Gasteiger partial charge in [0.25, 0.3) is 0 Å². The SMILES string of the molecule is CC12CC(=[13CH2])C(CC1=O)C2(C)C. The summed E-state index contributed by atoms with van der Waals surface area (Å²) in [5.41, 5.74) is 1.35. The Labute approximate surface area is 73.8 Å². The molecule has 2 aliphatic rings. The normalized spacial score (nSPS) is 44.1. The highest BCUT2D eigenvalue weighted by Gasteiger charge is 2.62. The third-order valence-electron chi connectivity index (χ3n) is 4.37. The van der Waals surface area contributed by atoms with E-state index in [1.165, 1.54) is 5.57 Å². The topological polar surface area (TPSA) is 17.1 Å². The summed E-state index contributed by atoms with van der Waals surface area (Å²) in [6.07, 6.45) is 1.66. The van der Waals surface area contributed by atoms with Gasteiger partial charge in [-0.3, -0.25) is 4.79 Å². The molecule has 2 atom stereocenters. The number of hydrogen-bond donors (Lipinski definition) is 0. The second kappa shape index (κ2) is 1.84. The Morgan fingerprint density at radius 2 is 2.00 bits per heavy atom. The summed E-state index contributed by atoms with van der Waals surface area (Å²) in [4.78, 5) is 11.7. The number of carbonyl (C=O) groups excluding carboxylic acids is 1. The Kier molecular flexibility index (Phi) is 1.23. The first-order valence-corrected chi connectivity index (χ1v) is 4.60. The van der Waals surface area contributed by atoms with Crippen LogP contribution in [0.3, 0.4) is 0 Å². The highest BCUT2D eigenvalue weighted by atomic mass is 16.1. The van der Waals surface area contributed by atoms with Crippen LogP contribution in [0.4, 0.5) is 0 Å². The molecule has 0 radical (unpaired) electrons. The van der Waals surface area contributed by atoms with Gasteiger partial charge in [-0.2, -0.15) is 0 Å². The lowest BCUT2D eigenvalue weighted by Gasteiger charge is -2.31. The molecule has 0 N–H and O–H groups in total. The van der Waals surface area contributed by atoms with Crippen molar-refractivity contribution in [1.29, 1.82) is 0 Å². The molecule has 0 amide bonds. The predicted molar refractivity (Wildman–Crippen MR) is 48.8 cm³/mol. The van der Waals surface area contributed by atoms with E-state index in [0.29, 0.717) is 11.7 Å². The van der Waals surface area contributed by atoms with E-state index in [1.54, 1.807) is 0 Å². The van der Waals surface area contributed by atoms with Crippen molar-refractivity contribution in [3.05, 3.63) is 12.2 Å². The van der Waals surface area contributed by atoms with E-state index in [0.717, 1.165) is 12.8 Å². The molecule has 2 saturated carbocycles. The van der Waals surface area contributed by atoms with E-state index >= 15 is 0 Å². The summed E-state index contributed by atoms with van der Waals surface area (Å²) in [7, 11) is 0. The Balaban J connectivity index is 2.54. The lowest BCUT2D eigenvalue weighted by atomic mass is 9.70. The quantitative estimate of drug-likeness (QED) is 0.398. The highest BCUT2D eigenvalue weighted by molar-refractivity contribution is 5.90. The Morgan fingerprint density at radius 3 is 2.25 bits per heavy atom. The minimum absolute atomic E-state index is 0.102. The number of Topliss-reactive ketones (excluding diaryl/α,β-unsaturated/α-hetero) is 1. The van der Waals surface area contributed by atoms with Crippen molar-refractivity contribution in [3.63, 3.8) is 0 Å². The summed E-state index contributed by atoms with van der Waals surface area (Å²) in [6.45, 7) is 10.6. The monoisotopic (exact) mass is 165 g/mol. The van der Waals surface area contributed by atoms with Crippen LogP contribution in [0.25, 0.3) is 0 Å². The van der Waals surface area contributed by atoms with Crippen LogP contribution in [0.5, 0.6) is 0 Å². The van der Waals surface area contributed by atoms with Gasteiger partial charge in [-0.1, -0.05) is 32.9 Å². The van der Waals surface area contributed by atoms with Crippen molar-refractivity contribution in [1.82, 2.24) is 0 Å². The number of fused-ring (bicyclic) bond motifs is 2. The van der Waals surface area contributed by atoms with Gasteiger partial charge in [0.05, 0.1) is 0 Å². The van der Waals surface area contributed by atoms with Crippen molar-refractivity contribution in [2.45, 2.75) is 33.6 Å². The van der Waals surface area contributed by atoms with Gasteiger partial charge in [-0.25, -0.2) is 0 Å². The number of rotatable bonds is 0. The molecule has 2 aliphatic carbocycles. The van der Waals surface area contributed by atoms with Crippen molar-refractivity contribution in [3.8, 4) is 0 Å². The molecule has 2 bridgehead atoms. The third-order valence-corrected chi connectivity index (χ3v) is 4.37.